The first-order valence-electron chi connectivity index (χ1n) is 11.0. The van der Waals surface area contributed by atoms with Gasteiger partial charge in [0.1, 0.15) is 5.82 Å². The van der Waals surface area contributed by atoms with E-state index in [9.17, 15) is 4.79 Å². The monoisotopic (exact) mass is 529 g/mol. The molecule has 0 unspecified atom stereocenters. The molecular formula is C22H36IN5O2. The third kappa shape index (κ3) is 6.99. The van der Waals surface area contributed by atoms with Crippen molar-refractivity contribution in [3.8, 4) is 0 Å². The molecule has 2 fully saturated rings. The highest BCUT2D eigenvalue weighted by molar-refractivity contribution is 14.0. The van der Waals surface area contributed by atoms with E-state index in [0.717, 1.165) is 62.9 Å². The summed E-state index contributed by atoms with van der Waals surface area (Å²) in [6, 6.07) is 4.27. The first kappa shape index (κ1) is 24.7. The summed E-state index contributed by atoms with van der Waals surface area (Å²) >= 11 is 0. The Labute approximate surface area is 197 Å². The minimum Gasteiger partial charge on any atom is -0.469 e. The molecule has 3 heterocycles. The summed E-state index contributed by atoms with van der Waals surface area (Å²) in [4.78, 5) is 25.9. The molecule has 2 aliphatic rings. The molecule has 1 aromatic rings. The van der Waals surface area contributed by atoms with Gasteiger partial charge in [0.05, 0.1) is 19.6 Å². The number of aromatic nitrogens is 1. The van der Waals surface area contributed by atoms with Crippen LogP contribution in [0.5, 0.6) is 0 Å². The summed E-state index contributed by atoms with van der Waals surface area (Å²) in [5, 5.41) is 3.38. The lowest BCUT2D eigenvalue weighted by Crippen LogP contribution is -2.46. The number of guanidine groups is 1. The van der Waals surface area contributed by atoms with Crippen LogP contribution < -0.4 is 10.2 Å². The molecule has 0 radical (unpaired) electrons. The molecule has 0 amide bonds. The zero-order valence-electron chi connectivity index (χ0n) is 18.3. The molecular weight excluding hydrogens is 493 g/mol. The fraction of sp³-hybridized carbons (Fsp3) is 0.682. The predicted octanol–water partition coefficient (Wildman–Crippen LogP) is 3.43. The van der Waals surface area contributed by atoms with Crippen LogP contribution in [0.2, 0.25) is 0 Å². The van der Waals surface area contributed by atoms with E-state index in [2.05, 4.69) is 34.2 Å². The molecule has 30 heavy (non-hydrogen) atoms. The largest absolute Gasteiger partial charge is 0.469 e. The van der Waals surface area contributed by atoms with Crippen LogP contribution in [0.1, 0.15) is 51.0 Å². The van der Waals surface area contributed by atoms with E-state index in [4.69, 9.17) is 14.7 Å². The molecule has 0 aromatic carbocycles. The molecule has 8 heteroatoms. The normalized spacial score (nSPS) is 18.4. The number of aliphatic imine (C=N–C) groups is 1. The Morgan fingerprint density at radius 2 is 1.87 bits per heavy atom. The first-order chi connectivity index (χ1) is 14.2. The van der Waals surface area contributed by atoms with Crippen LogP contribution >= 0.6 is 24.0 Å². The van der Waals surface area contributed by atoms with Gasteiger partial charge in [0.25, 0.3) is 0 Å². The smallest absolute Gasteiger partial charge is 0.308 e. The van der Waals surface area contributed by atoms with E-state index in [1.807, 2.05) is 6.20 Å². The molecule has 3 rings (SSSR count). The highest BCUT2D eigenvalue weighted by Gasteiger charge is 2.26. The summed E-state index contributed by atoms with van der Waals surface area (Å²) in [6.45, 7) is 7.35. The van der Waals surface area contributed by atoms with Gasteiger partial charge in [-0.15, -0.1) is 24.0 Å². The van der Waals surface area contributed by atoms with E-state index in [1.54, 1.807) is 0 Å². The number of nitrogens with zero attached hydrogens (tertiary/aromatic N) is 4. The van der Waals surface area contributed by atoms with E-state index in [-0.39, 0.29) is 35.9 Å². The Hall–Kier alpha value is -1.58. The fourth-order valence-electron chi connectivity index (χ4n) is 4.08. The number of nitrogens with one attached hydrogen (secondary N) is 1. The van der Waals surface area contributed by atoms with Crippen molar-refractivity contribution in [2.45, 2.75) is 52.0 Å². The second-order valence-electron chi connectivity index (χ2n) is 7.88. The Kier molecular flexibility index (Phi) is 10.7. The van der Waals surface area contributed by atoms with Gasteiger partial charge in [-0.1, -0.05) is 18.9 Å². The summed E-state index contributed by atoms with van der Waals surface area (Å²) in [6.07, 6.45) is 8.74. The summed E-state index contributed by atoms with van der Waals surface area (Å²) in [5.41, 5.74) is 1.11. The van der Waals surface area contributed by atoms with Gasteiger partial charge in [0.2, 0.25) is 0 Å². The number of carbonyl (C=O) groups is 1. The third-order valence-electron chi connectivity index (χ3n) is 5.81. The van der Waals surface area contributed by atoms with Gasteiger partial charge in [-0.2, -0.15) is 0 Å². The second-order valence-corrected chi connectivity index (χ2v) is 7.88. The number of methoxy groups -OCH3 is 1. The van der Waals surface area contributed by atoms with Gasteiger partial charge in [-0.25, -0.2) is 9.98 Å². The van der Waals surface area contributed by atoms with Gasteiger partial charge in [0.15, 0.2) is 5.96 Å². The minimum absolute atomic E-state index is 0. The van der Waals surface area contributed by atoms with Crippen LogP contribution in [-0.2, 0) is 16.1 Å². The molecule has 2 saturated heterocycles. The highest BCUT2D eigenvalue weighted by Crippen LogP contribution is 2.20. The van der Waals surface area contributed by atoms with E-state index < -0.39 is 0 Å². The number of ether oxygens (including phenoxy) is 1. The van der Waals surface area contributed by atoms with Crippen LogP contribution in [0.3, 0.4) is 0 Å². The number of anilines is 1. The number of pyridine rings is 1. The van der Waals surface area contributed by atoms with Gasteiger partial charge in [-0.3, -0.25) is 4.79 Å². The van der Waals surface area contributed by atoms with E-state index >= 15 is 0 Å². The maximum Gasteiger partial charge on any atom is 0.308 e. The van der Waals surface area contributed by atoms with E-state index in [0.29, 0.717) is 6.54 Å². The number of hydrogen-bond donors (Lipinski definition) is 1. The average Bonchev–Trinajstić information content (AvgIpc) is 3.06. The van der Waals surface area contributed by atoms with Crippen LogP contribution in [0.15, 0.2) is 23.3 Å². The highest BCUT2D eigenvalue weighted by atomic mass is 127. The molecule has 0 bridgehead atoms. The van der Waals surface area contributed by atoms with Crippen molar-refractivity contribution in [3.63, 3.8) is 0 Å². The number of halogens is 1. The van der Waals surface area contributed by atoms with Crippen LogP contribution in [0.25, 0.3) is 0 Å². The van der Waals surface area contributed by atoms with Crippen LogP contribution in [0, 0.1) is 5.92 Å². The van der Waals surface area contributed by atoms with Crippen molar-refractivity contribution in [1.82, 2.24) is 15.2 Å². The minimum atomic E-state index is -0.0952. The summed E-state index contributed by atoms with van der Waals surface area (Å²) in [7, 11) is 1.46. The second kappa shape index (κ2) is 13.0. The molecule has 0 atom stereocenters. The molecule has 1 N–H and O–H groups in total. The third-order valence-corrected chi connectivity index (χ3v) is 5.81. The standard InChI is InChI=1S/C22H35N5O2.HI/c1-3-23-22(27-14-10-19(11-15-27)21(28)29-2)25-17-18-8-9-20(24-16-18)26-12-6-4-5-7-13-26;/h8-9,16,19H,3-7,10-15,17H2,1-2H3,(H,23,25);1H. The summed E-state index contributed by atoms with van der Waals surface area (Å²) < 4.78 is 4.88. The van der Waals surface area contributed by atoms with Crippen molar-refractivity contribution in [2.75, 3.05) is 44.7 Å². The zero-order valence-corrected chi connectivity index (χ0v) is 20.6. The fourth-order valence-corrected chi connectivity index (χ4v) is 4.08. The number of hydrogen-bond acceptors (Lipinski definition) is 5. The SMILES string of the molecule is CCNC(=NCc1ccc(N2CCCCCC2)nc1)N1CCC(C(=O)OC)CC1.I. The Morgan fingerprint density at radius 3 is 2.43 bits per heavy atom. The van der Waals surface area contributed by atoms with Gasteiger partial charge in [-0.05, 0) is 44.2 Å². The molecule has 168 valence electrons. The molecule has 0 spiro atoms. The molecule has 0 aliphatic carbocycles. The molecule has 1 aromatic heterocycles. The van der Waals surface area contributed by atoms with Gasteiger partial charge >= 0.3 is 5.97 Å². The molecule has 2 aliphatic heterocycles. The van der Waals surface area contributed by atoms with Crippen molar-refractivity contribution in [2.24, 2.45) is 10.9 Å². The number of piperidine rings is 1. The van der Waals surface area contributed by atoms with E-state index in [1.165, 1.54) is 32.8 Å². The Morgan fingerprint density at radius 1 is 1.17 bits per heavy atom. The predicted molar refractivity (Wildman–Crippen MR) is 131 cm³/mol. The van der Waals surface area contributed by atoms with Crippen molar-refractivity contribution in [1.29, 1.82) is 0 Å². The van der Waals surface area contributed by atoms with Crippen molar-refractivity contribution in [3.05, 3.63) is 23.9 Å². The number of carbonyl (C=O) groups excluding carboxylic acids is 1. The summed E-state index contributed by atoms with van der Waals surface area (Å²) in [5.74, 6) is 1.90. The molecule has 0 saturated carbocycles. The Balaban J connectivity index is 0.00000320. The lowest BCUT2D eigenvalue weighted by atomic mass is 9.97. The lowest BCUT2D eigenvalue weighted by molar-refractivity contribution is -0.146. The average molecular weight is 529 g/mol. The van der Waals surface area contributed by atoms with Gasteiger partial charge < -0.3 is 19.9 Å². The van der Waals surface area contributed by atoms with Crippen molar-refractivity contribution >= 4 is 41.7 Å². The Bertz CT molecular complexity index is 667. The number of rotatable bonds is 5. The quantitative estimate of drug-likeness (QED) is 0.273. The zero-order chi connectivity index (χ0) is 20.5. The maximum absolute atomic E-state index is 11.7. The molecule has 7 nitrogen and oxygen atoms in total. The van der Waals surface area contributed by atoms with Crippen LogP contribution in [-0.4, -0.2) is 61.6 Å². The number of esters is 1. The van der Waals surface area contributed by atoms with Crippen molar-refractivity contribution < 1.29 is 9.53 Å². The topological polar surface area (TPSA) is 70.1 Å². The number of likely N-dealkylation sites (tertiary alicyclic amines) is 1. The van der Waals surface area contributed by atoms with Crippen LogP contribution in [0.4, 0.5) is 5.82 Å². The first-order valence-corrected chi connectivity index (χ1v) is 11.0. The maximum atomic E-state index is 11.7. The lowest BCUT2D eigenvalue weighted by Gasteiger charge is -2.33. The van der Waals surface area contributed by atoms with Gasteiger partial charge in [0, 0.05) is 38.9 Å².